The first-order chi connectivity index (χ1) is 13.0. The molecule has 2 unspecified atom stereocenters. The van der Waals surface area contributed by atoms with Crippen LogP contribution >= 0.6 is 0 Å². The lowest BCUT2D eigenvalue weighted by molar-refractivity contribution is -0.164. The van der Waals surface area contributed by atoms with Gasteiger partial charge in [-0.05, 0) is 38.3 Å². The Kier molecular flexibility index (Phi) is 6.34. The van der Waals surface area contributed by atoms with Crippen molar-refractivity contribution in [1.29, 1.82) is 0 Å². The summed E-state index contributed by atoms with van der Waals surface area (Å²) < 4.78 is 54.3. The van der Waals surface area contributed by atoms with Crippen LogP contribution in [0.3, 0.4) is 0 Å². The topological polar surface area (TPSA) is 18.5 Å². The van der Waals surface area contributed by atoms with Crippen LogP contribution in [0.15, 0.2) is 36.4 Å². The summed E-state index contributed by atoms with van der Waals surface area (Å²) >= 11 is 0. The molecule has 3 rings (SSSR count). The van der Waals surface area contributed by atoms with Crippen molar-refractivity contribution in [3.63, 3.8) is 0 Å². The lowest BCUT2D eigenvalue weighted by atomic mass is 9.91. The molecule has 1 aliphatic heterocycles. The summed E-state index contributed by atoms with van der Waals surface area (Å²) in [5.74, 6) is -2.53. The molecule has 144 valence electrons. The number of allylic oxidation sites excluding steroid dienone is 1. The fourth-order valence-corrected chi connectivity index (χ4v) is 3.39. The van der Waals surface area contributed by atoms with Crippen molar-refractivity contribution in [1.82, 2.24) is 0 Å². The van der Waals surface area contributed by atoms with Crippen LogP contribution in [0.4, 0.5) is 13.2 Å². The second-order valence-electron chi connectivity index (χ2n) is 6.56. The highest BCUT2D eigenvalue weighted by atomic mass is 19.2. The normalized spacial score (nSPS) is 20.3. The first-order valence-corrected chi connectivity index (χ1v) is 9.18. The van der Waals surface area contributed by atoms with Gasteiger partial charge < -0.3 is 9.47 Å². The molecule has 0 spiro atoms. The zero-order valence-corrected chi connectivity index (χ0v) is 15.5. The van der Waals surface area contributed by atoms with Crippen molar-refractivity contribution in [2.24, 2.45) is 0 Å². The Morgan fingerprint density at radius 1 is 1.07 bits per heavy atom. The van der Waals surface area contributed by atoms with E-state index in [0.717, 1.165) is 18.4 Å². The molecule has 1 saturated heterocycles. The van der Waals surface area contributed by atoms with Gasteiger partial charge in [0.25, 0.3) is 0 Å². The van der Waals surface area contributed by atoms with Gasteiger partial charge in [-0.3, -0.25) is 0 Å². The standard InChI is InChI=1S/C22H23F3O2/c1-3-5-14-6-10-18(22(25)21(14)24)17-9-7-15(12-19(17)23)16-8-11-20(26-4-2)27-13-16/h3,5-7,9-10,12,16,20H,4,8,11,13H2,1-2H3/b5-3+. The Balaban J connectivity index is 1.83. The van der Waals surface area contributed by atoms with E-state index in [1.165, 1.54) is 30.3 Å². The lowest BCUT2D eigenvalue weighted by Gasteiger charge is -2.29. The van der Waals surface area contributed by atoms with E-state index in [9.17, 15) is 13.2 Å². The summed E-state index contributed by atoms with van der Waals surface area (Å²) in [5.41, 5.74) is 0.892. The van der Waals surface area contributed by atoms with E-state index in [4.69, 9.17) is 9.47 Å². The molecule has 0 bridgehead atoms. The maximum Gasteiger partial charge on any atom is 0.167 e. The minimum atomic E-state index is -1.04. The third-order valence-corrected chi connectivity index (χ3v) is 4.80. The first kappa shape index (κ1) is 19.6. The molecule has 2 atom stereocenters. The minimum Gasteiger partial charge on any atom is -0.353 e. The van der Waals surface area contributed by atoms with Crippen LogP contribution in [-0.2, 0) is 9.47 Å². The lowest BCUT2D eigenvalue weighted by Crippen LogP contribution is -2.27. The molecule has 1 aliphatic rings. The molecule has 0 saturated carbocycles. The third-order valence-electron chi connectivity index (χ3n) is 4.80. The number of hydrogen-bond acceptors (Lipinski definition) is 2. The van der Waals surface area contributed by atoms with Crippen molar-refractivity contribution in [3.8, 4) is 11.1 Å². The highest BCUT2D eigenvalue weighted by Crippen LogP contribution is 2.33. The molecule has 2 aromatic carbocycles. The van der Waals surface area contributed by atoms with Crippen molar-refractivity contribution < 1.29 is 22.6 Å². The largest absolute Gasteiger partial charge is 0.353 e. The van der Waals surface area contributed by atoms with Gasteiger partial charge in [-0.15, -0.1) is 0 Å². The molecule has 27 heavy (non-hydrogen) atoms. The van der Waals surface area contributed by atoms with E-state index >= 15 is 0 Å². The van der Waals surface area contributed by atoms with Crippen LogP contribution in [0.25, 0.3) is 17.2 Å². The number of benzene rings is 2. The Labute approximate surface area is 157 Å². The molecule has 2 aromatic rings. The zero-order chi connectivity index (χ0) is 19.4. The van der Waals surface area contributed by atoms with Gasteiger partial charge in [0.05, 0.1) is 6.61 Å². The van der Waals surface area contributed by atoms with E-state index in [1.807, 2.05) is 6.92 Å². The third kappa shape index (κ3) is 4.25. The average Bonchev–Trinajstić information content (AvgIpc) is 2.67. The van der Waals surface area contributed by atoms with Gasteiger partial charge in [0.1, 0.15) is 5.82 Å². The van der Waals surface area contributed by atoms with Crippen molar-refractivity contribution in [3.05, 3.63) is 65.0 Å². The Morgan fingerprint density at radius 3 is 2.48 bits per heavy atom. The predicted octanol–water partition coefficient (Wildman–Crippen LogP) is 6.06. The number of hydrogen-bond donors (Lipinski definition) is 0. The van der Waals surface area contributed by atoms with Crippen LogP contribution in [0.1, 0.15) is 43.7 Å². The second kappa shape index (κ2) is 8.72. The van der Waals surface area contributed by atoms with Gasteiger partial charge in [0.2, 0.25) is 0 Å². The molecule has 1 heterocycles. The van der Waals surface area contributed by atoms with E-state index in [-0.39, 0.29) is 28.9 Å². The molecule has 0 amide bonds. The van der Waals surface area contributed by atoms with E-state index < -0.39 is 17.5 Å². The van der Waals surface area contributed by atoms with Gasteiger partial charge in [-0.25, -0.2) is 13.2 Å². The fourth-order valence-electron chi connectivity index (χ4n) is 3.39. The summed E-state index contributed by atoms with van der Waals surface area (Å²) in [7, 11) is 0. The molecule has 0 aromatic heterocycles. The summed E-state index contributed by atoms with van der Waals surface area (Å²) in [6.07, 6.45) is 4.46. The van der Waals surface area contributed by atoms with E-state index in [2.05, 4.69) is 0 Å². The highest BCUT2D eigenvalue weighted by molar-refractivity contribution is 5.68. The maximum atomic E-state index is 14.7. The first-order valence-electron chi connectivity index (χ1n) is 9.18. The number of ether oxygens (including phenoxy) is 2. The van der Waals surface area contributed by atoms with Crippen LogP contribution in [0.2, 0.25) is 0 Å². The average molecular weight is 376 g/mol. The van der Waals surface area contributed by atoms with Gasteiger partial charge in [0, 0.05) is 29.2 Å². The van der Waals surface area contributed by atoms with E-state index in [1.54, 1.807) is 19.1 Å². The minimum absolute atomic E-state index is 0.0473. The smallest absolute Gasteiger partial charge is 0.167 e. The van der Waals surface area contributed by atoms with Crippen molar-refractivity contribution in [2.75, 3.05) is 13.2 Å². The monoisotopic (exact) mass is 376 g/mol. The molecule has 0 N–H and O–H groups in total. The predicted molar refractivity (Wildman–Crippen MR) is 99.8 cm³/mol. The van der Waals surface area contributed by atoms with E-state index in [0.29, 0.717) is 13.2 Å². The van der Waals surface area contributed by atoms with Crippen molar-refractivity contribution >= 4 is 6.08 Å². The summed E-state index contributed by atoms with van der Waals surface area (Å²) in [6.45, 7) is 4.67. The molecular formula is C22H23F3O2. The molecule has 2 nitrogen and oxygen atoms in total. The molecule has 1 fully saturated rings. The van der Waals surface area contributed by atoms with Gasteiger partial charge in [0.15, 0.2) is 17.9 Å². The van der Waals surface area contributed by atoms with Gasteiger partial charge in [-0.2, -0.15) is 0 Å². The van der Waals surface area contributed by atoms with Gasteiger partial charge in [-0.1, -0.05) is 36.4 Å². The van der Waals surface area contributed by atoms with Crippen molar-refractivity contribution in [2.45, 2.75) is 38.9 Å². The second-order valence-corrected chi connectivity index (χ2v) is 6.56. The Hall–Kier alpha value is -2.11. The molecule has 0 radical (unpaired) electrons. The summed E-state index contributed by atoms with van der Waals surface area (Å²) in [5, 5.41) is 0. The Bertz CT molecular complexity index is 825. The molecule has 0 aliphatic carbocycles. The van der Waals surface area contributed by atoms with Crippen LogP contribution in [-0.4, -0.2) is 19.5 Å². The number of rotatable bonds is 5. The fraction of sp³-hybridized carbons (Fsp3) is 0.364. The molecular weight excluding hydrogens is 353 g/mol. The van der Waals surface area contributed by atoms with Crippen LogP contribution in [0.5, 0.6) is 0 Å². The highest BCUT2D eigenvalue weighted by Gasteiger charge is 2.24. The molecule has 5 heteroatoms. The maximum absolute atomic E-state index is 14.7. The quantitative estimate of drug-likeness (QED) is 0.631. The Morgan fingerprint density at radius 2 is 1.85 bits per heavy atom. The summed E-state index contributed by atoms with van der Waals surface area (Å²) in [4.78, 5) is 0. The number of halogens is 3. The van der Waals surface area contributed by atoms with Crippen LogP contribution in [0, 0.1) is 17.5 Å². The SMILES string of the molecule is C/C=C/c1ccc(-c2ccc(C3CCC(OCC)OC3)cc2F)c(F)c1F. The van der Waals surface area contributed by atoms with Gasteiger partial charge >= 0.3 is 0 Å². The summed E-state index contributed by atoms with van der Waals surface area (Å²) in [6, 6.07) is 7.50. The zero-order valence-electron chi connectivity index (χ0n) is 15.5. The van der Waals surface area contributed by atoms with Crippen LogP contribution < -0.4 is 0 Å².